The van der Waals surface area contributed by atoms with Crippen LogP contribution in [0.15, 0.2) is 48.5 Å². The summed E-state index contributed by atoms with van der Waals surface area (Å²) in [6.45, 7) is 11.5. The topological polar surface area (TPSA) is 313 Å². The molecule has 68 heavy (non-hydrogen) atoms. The van der Waals surface area contributed by atoms with Crippen molar-refractivity contribution >= 4 is 78.4 Å². The van der Waals surface area contributed by atoms with Crippen LogP contribution in [0.4, 0.5) is 34.6 Å². The van der Waals surface area contributed by atoms with Gasteiger partial charge in [-0.1, -0.05) is 48.5 Å². The van der Waals surface area contributed by atoms with E-state index < -0.39 is 44.7 Å². The first kappa shape index (κ1) is 55.8. The second kappa shape index (κ2) is 29.3. The van der Waals surface area contributed by atoms with E-state index in [1.54, 1.807) is 20.8 Å². The molecule has 0 amide bonds. The minimum absolute atomic E-state index is 0. The van der Waals surface area contributed by atoms with Crippen LogP contribution in [0.1, 0.15) is 74.9 Å². The predicted molar refractivity (Wildman–Crippen MR) is 260 cm³/mol. The molecule has 4 aromatic rings. The number of benzene rings is 2. The van der Waals surface area contributed by atoms with Gasteiger partial charge in [0, 0.05) is 27.6 Å². The van der Waals surface area contributed by atoms with E-state index in [1.807, 2.05) is 30.3 Å². The first-order chi connectivity index (χ1) is 32.7. The molecule has 1 radical (unpaired) electrons. The van der Waals surface area contributed by atoms with Crippen molar-refractivity contribution < 1.29 is 38.8 Å². The Kier molecular flexibility index (Phi) is 24.0. The average Bonchev–Trinajstić information content (AvgIpc) is 4.02. The normalized spacial score (nSPS) is 13.0. The Bertz CT molecular complexity index is 2360. The molecule has 5 N–H and O–H groups in total. The number of hydrogen-bond donors (Lipinski definition) is 4. The van der Waals surface area contributed by atoms with Crippen LogP contribution in [0.25, 0.3) is 0 Å². The van der Waals surface area contributed by atoms with Gasteiger partial charge in [-0.05, 0) is 94.9 Å². The maximum atomic E-state index is 12.3. The minimum atomic E-state index is -0.750. The molecule has 2 aromatic heterocycles. The summed E-state index contributed by atoms with van der Waals surface area (Å²) in [4.78, 5) is 70.9. The summed E-state index contributed by atoms with van der Waals surface area (Å²) in [6.07, 6.45) is 4.84. The van der Waals surface area contributed by atoms with Gasteiger partial charge >= 0.3 is 47.8 Å². The van der Waals surface area contributed by atoms with E-state index in [9.17, 15) is 29.8 Å². The number of aryl methyl sites for hydroxylation is 1. The van der Waals surface area contributed by atoms with Crippen LogP contribution in [0.3, 0.4) is 0 Å². The monoisotopic (exact) mass is 981 g/mol. The Morgan fingerprint density at radius 2 is 1.13 bits per heavy atom. The Balaban J connectivity index is 0.000000428. The summed E-state index contributed by atoms with van der Waals surface area (Å²) in [5, 5.41) is 28.7. The van der Waals surface area contributed by atoms with Crippen LogP contribution < -0.4 is 21.3 Å². The summed E-state index contributed by atoms with van der Waals surface area (Å²) in [5.41, 5.74) is 14.9. The number of nitrogens with one attached hydrogen (secondary N) is 1. The van der Waals surface area contributed by atoms with Crippen LogP contribution in [-0.4, -0.2) is 120 Å². The molecule has 0 bridgehead atoms. The molecule has 2 aliphatic rings. The standard InChI is InChI=1S/C21H28N6O4S.C21H28N6O4.BHN.O2S.H2/c1-2-31-18(28)13-26(21-19(27(29)30)20(22)23-17(14-32)24-21)12-16-7-5-6-15(10-16)11-25-8-3-4-9-25;1-3-31-18(28)14-26(21-19(27(29)30)20(22)23-15(2)24-21)13-17-8-6-7-16(11-17)12-25-9-4-5-10-25;1-2;1-3-2;/h5-7,10,32H,2-4,8-9,11-14H2,1H3,(H2,22,23,24);6-8,11H,3-5,9-10,12-14H2,1-2H3,(H2,22,23,24);2H;;1H/i;;;;1+1. The Hall–Kier alpha value is -6.51. The van der Waals surface area contributed by atoms with E-state index in [1.165, 1.54) is 35.5 Å². The second-order valence-electron chi connectivity index (χ2n) is 15.2. The average molecular weight is 982 g/mol. The summed E-state index contributed by atoms with van der Waals surface area (Å²) < 4.78 is 26.7. The number of esters is 2. The van der Waals surface area contributed by atoms with Crippen LogP contribution >= 0.6 is 12.6 Å². The number of ether oxygens (including phenoxy) is 2. The summed E-state index contributed by atoms with van der Waals surface area (Å²) in [7, 11) is 3.75. The molecule has 0 spiro atoms. The SMILES string of the molecule is CCOC(=O)CN(Cc1cccc(CN2CCCC2)c1)c1nc(C)nc(N)c1[N+](=O)[O-].CCOC(=O)CN(Cc1cccc(CN2CCCC2)c1)c1nc(CS)nc(N)c1[N+](=O)[O-].O=S=O.[2HH].[B]=N. The van der Waals surface area contributed by atoms with E-state index in [2.05, 4.69) is 68.2 Å². The molecule has 26 heteroatoms. The van der Waals surface area contributed by atoms with Crippen LogP contribution in [0, 0.1) is 32.5 Å². The number of anilines is 4. The zero-order valence-corrected chi connectivity index (χ0v) is 40.0. The van der Waals surface area contributed by atoms with Crippen molar-refractivity contribution in [1.29, 1.82) is 5.31 Å². The molecule has 0 atom stereocenters. The van der Waals surface area contributed by atoms with Crippen molar-refractivity contribution in [2.75, 3.05) is 73.7 Å². The molecule has 2 aromatic carbocycles. The fourth-order valence-corrected chi connectivity index (χ4v) is 7.71. The molecule has 6 rings (SSSR count). The third kappa shape index (κ3) is 17.6. The van der Waals surface area contributed by atoms with E-state index >= 15 is 0 Å². The Labute approximate surface area is 405 Å². The molecule has 4 heterocycles. The van der Waals surface area contributed by atoms with Crippen molar-refractivity contribution in [1.82, 2.24) is 29.7 Å². The molecular weight excluding hydrogens is 921 g/mol. The zero-order valence-electron chi connectivity index (χ0n) is 38.3. The number of nitrogens with two attached hydrogens (primary N) is 2. The Morgan fingerprint density at radius 3 is 1.51 bits per heavy atom. The number of carbonyl (C=O) groups excluding carboxylic acids is 2. The fourth-order valence-electron chi connectivity index (χ4n) is 7.57. The van der Waals surface area contributed by atoms with Gasteiger partial charge < -0.3 is 30.7 Å². The number of aromatic nitrogens is 4. The van der Waals surface area contributed by atoms with Crippen molar-refractivity contribution in [2.24, 2.45) is 0 Å². The third-order valence-electron chi connectivity index (χ3n) is 10.2. The summed E-state index contributed by atoms with van der Waals surface area (Å²) in [5.74, 6) is -0.854. The number of carbonyl (C=O) groups is 2. The first-order valence-electron chi connectivity index (χ1n) is 21.5. The van der Waals surface area contributed by atoms with Crippen molar-refractivity contribution in [3.63, 3.8) is 0 Å². The van der Waals surface area contributed by atoms with Gasteiger partial charge in [0.25, 0.3) is 0 Å². The zero-order chi connectivity index (χ0) is 50.2. The summed E-state index contributed by atoms with van der Waals surface area (Å²) >= 11 is 3.42. The fraction of sp³-hybridized carbons (Fsp3) is 0.476. The van der Waals surface area contributed by atoms with Crippen molar-refractivity contribution in [3.05, 3.63) is 103 Å². The third-order valence-corrected chi connectivity index (χ3v) is 10.5. The van der Waals surface area contributed by atoms with Gasteiger partial charge in [-0.3, -0.25) is 39.6 Å². The number of nitrogen functional groups attached to an aromatic ring is 2. The van der Waals surface area contributed by atoms with E-state index in [-0.39, 0.29) is 81.5 Å². The first-order valence-corrected chi connectivity index (χ1v) is 22.8. The predicted octanol–water partition coefficient (Wildman–Crippen LogP) is 4.50. The van der Waals surface area contributed by atoms with Crippen LogP contribution in [0.5, 0.6) is 0 Å². The molecule has 367 valence electrons. The molecule has 0 saturated carbocycles. The number of thiol groups is 1. The molecule has 2 aliphatic heterocycles. The van der Waals surface area contributed by atoms with Gasteiger partial charge in [-0.25, -0.2) is 19.9 Å². The van der Waals surface area contributed by atoms with Gasteiger partial charge in [-0.2, -0.15) is 21.0 Å². The van der Waals surface area contributed by atoms with Gasteiger partial charge in [0.15, 0.2) is 0 Å². The number of nitro groups is 2. The van der Waals surface area contributed by atoms with Crippen LogP contribution in [0.2, 0.25) is 0 Å². The second-order valence-corrected chi connectivity index (χ2v) is 15.6. The summed E-state index contributed by atoms with van der Waals surface area (Å²) in [6, 6.07) is 16.0. The van der Waals surface area contributed by atoms with E-state index in [0.717, 1.165) is 61.5 Å². The number of hydrogen-bond acceptors (Lipinski definition) is 22. The molecule has 2 fully saturated rings. The quantitative estimate of drug-likeness (QED) is 0.0330. The Morgan fingerprint density at radius 1 is 0.750 bits per heavy atom. The van der Waals surface area contributed by atoms with Gasteiger partial charge in [0.1, 0.15) is 24.7 Å². The van der Waals surface area contributed by atoms with Gasteiger partial charge in [0.2, 0.25) is 23.3 Å². The van der Waals surface area contributed by atoms with Crippen molar-refractivity contribution in [2.45, 2.75) is 78.4 Å². The van der Waals surface area contributed by atoms with Gasteiger partial charge in [-0.15, -0.1) is 0 Å². The maximum absolute atomic E-state index is 12.3. The molecule has 0 aliphatic carbocycles. The molecule has 2 saturated heterocycles. The number of nitrogens with zero attached hydrogens (tertiary/aromatic N) is 10. The molecule has 0 unspecified atom stereocenters. The molecule has 23 nitrogen and oxygen atoms in total. The molecular formula is C42H59BN13O10S2. The van der Waals surface area contributed by atoms with E-state index in [4.69, 9.17) is 34.7 Å². The van der Waals surface area contributed by atoms with Crippen LogP contribution in [-0.2, 0) is 62.6 Å². The van der Waals surface area contributed by atoms with Gasteiger partial charge in [0.05, 0.1) is 28.8 Å². The number of likely N-dealkylation sites (tertiary alicyclic amines) is 2. The van der Waals surface area contributed by atoms with Crippen molar-refractivity contribution in [3.8, 4) is 0 Å². The number of rotatable bonds is 19. The van der Waals surface area contributed by atoms with E-state index in [0.29, 0.717) is 0 Å².